The van der Waals surface area contributed by atoms with Gasteiger partial charge in [0.1, 0.15) is 11.7 Å². The molecule has 8 heteroatoms. The fourth-order valence-corrected chi connectivity index (χ4v) is 3.61. The van der Waals surface area contributed by atoms with Crippen LogP contribution >= 0.6 is 0 Å². The Kier molecular flexibility index (Phi) is 9.00. The fraction of sp³-hybridized carbons (Fsp3) is 0.407. The van der Waals surface area contributed by atoms with Crippen molar-refractivity contribution in [1.29, 1.82) is 0 Å². The van der Waals surface area contributed by atoms with Crippen LogP contribution < -0.4 is 16.0 Å². The summed E-state index contributed by atoms with van der Waals surface area (Å²) in [5.41, 5.74) is 4.18. The van der Waals surface area contributed by atoms with Gasteiger partial charge in [0, 0.05) is 42.5 Å². The van der Waals surface area contributed by atoms with E-state index in [-0.39, 0.29) is 22.3 Å². The van der Waals surface area contributed by atoms with E-state index < -0.39 is 0 Å². The summed E-state index contributed by atoms with van der Waals surface area (Å²) < 4.78 is 0. The number of hydrogen-bond acceptors (Lipinski definition) is 7. The van der Waals surface area contributed by atoms with Crippen LogP contribution in [0.2, 0.25) is 0 Å². The first-order chi connectivity index (χ1) is 16.8. The van der Waals surface area contributed by atoms with Crippen LogP contribution in [0.4, 0.5) is 11.5 Å². The van der Waals surface area contributed by atoms with E-state index in [9.17, 15) is 4.79 Å². The molecule has 2 atom stereocenters. The first-order valence-electron chi connectivity index (χ1n) is 12.2. The minimum absolute atomic E-state index is 0. The number of amides is 1. The van der Waals surface area contributed by atoms with Gasteiger partial charge in [-0.25, -0.2) is 4.98 Å². The van der Waals surface area contributed by atoms with E-state index in [0.717, 1.165) is 53.7 Å². The molecule has 0 saturated carbocycles. The summed E-state index contributed by atoms with van der Waals surface area (Å²) >= 11 is 0. The number of aliphatic imine (C=N–C) groups is 2. The SMILES string of the molecule is CCCNc1ncc(C(=O)Nc2cccc([C@H](C)NC3=NC(C)/C(=C\N(C)CC)N=C3)c2)cc1C.[HH].[HH].[HH]. The second-order valence-electron chi connectivity index (χ2n) is 8.84. The van der Waals surface area contributed by atoms with Crippen LogP contribution in [-0.2, 0) is 0 Å². The molecule has 0 fully saturated rings. The predicted molar refractivity (Wildman–Crippen MR) is 152 cm³/mol. The third kappa shape index (κ3) is 7.15. The van der Waals surface area contributed by atoms with Crippen molar-refractivity contribution < 1.29 is 9.07 Å². The van der Waals surface area contributed by atoms with Gasteiger partial charge in [-0.3, -0.25) is 14.8 Å². The molecule has 0 saturated heterocycles. The van der Waals surface area contributed by atoms with Gasteiger partial charge in [-0.15, -0.1) is 0 Å². The average molecular weight is 482 g/mol. The van der Waals surface area contributed by atoms with E-state index in [0.29, 0.717) is 5.56 Å². The Labute approximate surface area is 213 Å². The molecule has 8 nitrogen and oxygen atoms in total. The summed E-state index contributed by atoms with van der Waals surface area (Å²) in [6.07, 6.45) is 6.42. The zero-order chi connectivity index (χ0) is 25.4. The first-order valence-corrected chi connectivity index (χ1v) is 12.2. The number of pyridine rings is 1. The maximum Gasteiger partial charge on any atom is 0.257 e. The van der Waals surface area contributed by atoms with Gasteiger partial charge in [0.05, 0.1) is 29.6 Å². The highest BCUT2D eigenvalue weighted by atomic mass is 16.1. The van der Waals surface area contributed by atoms with Crippen molar-refractivity contribution in [3.8, 4) is 0 Å². The summed E-state index contributed by atoms with van der Waals surface area (Å²) in [5.74, 6) is 1.37. The molecule has 1 amide bonds. The van der Waals surface area contributed by atoms with Crippen LogP contribution in [0.5, 0.6) is 0 Å². The van der Waals surface area contributed by atoms with Crippen LogP contribution in [-0.4, -0.2) is 54.0 Å². The molecule has 1 unspecified atom stereocenters. The van der Waals surface area contributed by atoms with Gasteiger partial charge >= 0.3 is 0 Å². The zero-order valence-corrected chi connectivity index (χ0v) is 21.6. The second kappa shape index (κ2) is 12.1. The number of aromatic nitrogens is 1. The number of carbonyl (C=O) groups excluding carboxylic acids is 1. The quantitative estimate of drug-likeness (QED) is 0.439. The highest BCUT2D eigenvalue weighted by Crippen LogP contribution is 2.20. The summed E-state index contributed by atoms with van der Waals surface area (Å²) in [4.78, 5) is 28.6. The Morgan fingerprint density at radius 3 is 2.77 bits per heavy atom. The smallest absolute Gasteiger partial charge is 0.257 e. The van der Waals surface area contributed by atoms with E-state index in [2.05, 4.69) is 51.6 Å². The topological polar surface area (TPSA) is 94.0 Å². The van der Waals surface area contributed by atoms with Gasteiger partial charge in [-0.05, 0) is 63.4 Å². The molecular weight excluding hydrogens is 438 g/mol. The lowest BCUT2D eigenvalue weighted by Gasteiger charge is -2.21. The maximum atomic E-state index is 12.8. The molecule has 1 aliphatic heterocycles. The lowest BCUT2D eigenvalue weighted by atomic mass is 10.1. The Morgan fingerprint density at radius 1 is 1.29 bits per heavy atom. The Morgan fingerprint density at radius 2 is 2.09 bits per heavy atom. The molecule has 2 heterocycles. The molecule has 0 bridgehead atoms. The lowest BCUT2D eigenvalue weighted by Crippen LogP contribution is -2.31. The van der Waals surface area contributed by atoms with Crippen molar-refractivity contribution in [2.75, 3.05) is 30.8 Å². The molecule has 1 aromatic heterocycles. The van der Waals surface area contributed by atoms with Crippen molar-refractivity contribution in [2.45, 2.75) is 53.1 Å². The standard InChI is InChI=1S/C27H37N7O.3H2/c1-7-12-28-26-18(3)13-22(15-30-26)27(35)33-23-11-9-10-21(14-23)19(4)31-25-16-29-24(20(5)32-25)17-34(6)8-2;;;/h9-11,13-17,19-20H,7-8,12H2,1-6H3,(H,28,30)(H,31,32)(H,33,35);3*1H/b24-17+;;;/t19-,20?;;;/m0.../s1. The summed E-state index contributed by atoms with van der Waals surface area (Å²) in [6.45, 7) is 12.0. The van der Waals surface area contributed by atoms with Crippen LogP contribution in [0.3, 0.4) is 0 Å². The van der Waals surface area contributed by atoms with E-state index in [1.54, 1.807) is 12.4 Å². The van der Waals surface area contributed by atoms with Gasteiger partial charge in [-0.1, -0.05) is 19.1 Å². The summed E-state index contributed by atoms with van der Waals surface area (Å²) in [6, 6.07) is 9.64. The number of nitrogens with one attached hydrogen (secondary N) is 3. The number of anilines is 2. The molecule has 2 aromatic rings. The minimum Gasteiger partial charge on any atom is -0.379 e. The number of amidine groups is 1. The van der Waals surface area contributed by atoms with Gasteiger partial charge in [0.25, 0.3) is 5.91 Å². The molecule has 192 valence electrons. The van der Waals surface area contributed by atoms with E-state index in [4.69, 9.17) is 4.99 Å². The van der Waals surface area contributed by atoms with Gasteiger partial charge in [-0.2, -0.15) is 0 Å². The van der Waals surface area contributed by atoms with Crippen molar-refractivity contribution in [1.82, 2.24) is 15.2 Å². The maximum absolute atomic E-state index is 12.8. The lowest BCUT2D eigenvalue weighted by molar-refractivity contribution is 0.102. The van der Waals surface area contributed by atoms with Crippen molar-refractivity contribution in [3.63, 3.8) is 0 Å². The van der Waals surface area contributed by atoms with Crippen molar-refractivity contribution in [2.24, 2.45) is 9.98 Å². The van der Waals surface area contributed by atoms with Crippen LogP contribution in [0, 0.1) is 6.92 Å². The number of nitrogens with zero attached hydrogens (tertiary/aromatic N) is 4. The number of aryl methyl sites for hydroxylation is 1. The van der Waals surface area contributed by atoms with Crippen LogP contribution in [0.25, 0.3) is 0 Å². The molecule has 1 aromatic carbocycles. The largest absolute Gasteiger partial charge is 0.379 e. The third-order valence-corrected chi connectivity index (χ3v) is 5.84. The minimum atomic E-state index is -0.186. The molecule has 0 aliphatic carbocycles. The zero-order valence-electron chi connectivity index (χ0n) is 21.6. The summed E-state index contributed by atoms with van der Waals surface area (Å²) in [5, 5.41) is 9.69. The van der Waals surface area contributed by atoms with Gasteiger partial charge in [0.15, 0.2) is 0 Å². The highest BCUT2D eigenvalue weighted by Gasteiger charge is 2.16. The molecule has 0 radical (unpaired) electrons. The van der Waals surface area contributed by atoms with Crippen LogP contribution in [0.1, 0.15) is 65.9 Å². The van der Waals surface area contributed by atoms with Crippen LogP contribution in [0.15, 0.2) is 58.4 Å². The molecule has 35 heavy (non-hydrogen) atoms. The predicted octanol–water partition coefficient (Wildman–Crippen LogP) is 5.52. The molecule has 3 N–H and O–H groups in total. The third-order valence-electron chi connectivity index (χ3n) is 5.84. The van der Waals surface area contributed by atoms with Gasteiger partial charge in [0.2, 0.25) is 0 Å². The molecule has 0 spiro atoms. The Hall–Kier alpha value is -3.68. The number of benzene rings is 1. The average Bonchev–Trinajstić information content (AvgIpc) is 2.85. The summed E-state index contributed by atoms with van der Waals surface area (Å²) in [7, 11) is 2.03. The van der Waals surface area contributed by atoms with E-state index in [1.165, 1.54) is 0 Å². The normalized spacial score (nSPS) is 17.0. The van der Waals surface area contributed by atoms with Crippen molar-refractivity contribution >= 4 is 29.5 Å². The molecular formula is C27H43N7O. The number of rotatable bonds is 9. The fourth-order valence-electron chi connectivity index (χ4n) is 3.61. The van der Waals surface area contributed by atoms with E-state index >= 15 is 0 Å². The number of carbonyl (C=O) groups is 1. The Balaban J connectivity index is 0.00000456. The molecule has 1 aliphatic rings. The van der Waals surface area contributed by atoms with E-state index in [1.807, 2.05) is 57.4 Å². The van der Waals surface area contributed by atoms with Gasteiger partial charge < -0.3 is 20.9 Å². The Bertz CT molecular complexity index is 1140. The number of hydrogen-bond donors (Lipinski definition) is 3. The first kappa shape index (κ1) is 25.9. The second-order valence-corrected chi connectivity index (χ2v) is 8.84. The monoisotopic (exact) mass is 481 g/mol. The van der Waals surface area contributed by atoms with Crippen molar-refractivity contribution in [3.05, 3.63) is 65.1 Å². The highest BCUT2D eigenvalue weighted by molar-refractivity contribution is 6.30. The molecule has 3 rings (SSSR count).